The van der Waals surface area contributed by atoms with Crippen molar-refractivity contribution in [2.45, 2.75) is 50.6 Å². The second kappa shape index (κ2) is 8.78. The molecule has 2 atom stereocenters. The molecule has 1 amide bonds. The largest absolute Gasteiger partial charge is 0.434 e. The summed E-state index contributed by atoms with van der Waals surface area (Å²) in [5.74, 6) is -0.881. The summed E-state index contributed by atoms with van der Waals surface area (Å²) in [6.45, 7) is 5.32. The lowest BCUT2D eigenvalue weighted by Crippen LogP contribution is -2.45. The van der Waals surface area contributed by atoms with Gasteiger partial charge in [0.05, 0.1) is 10.9 Å². The van der Waals surface area contributed by atoms with E-state index in [9.17, 15) is 18.0 Å². The first-order valence-corrected chi connectivity index (χ1v) is 12.1. The number of rotatable bonds is 7. The van der Waals surface area contributed by atoms with Crippen LogP contribution in [0, 0.1) is 6.92 Å². The van der Waals surface area contributed by atoms with E-state index in [-0.39, 0.29) is 16.6 Å². The van der Waals surface area contributed by atoms with E-state index in [0.717, 1.165) is 5.56 Å². The van der Waals surface area contributed by atoms with Crippen LogP contribution in [0.25, 0.3) is 11.1 Å². The molecule has 2 aromatic carbocycles. The van der Waals surface area contributed by atoms with Crippen LogP contribution in [0.5, 0.6) is 0 Å². The number of para-hydroxylation sites is 2. The molecule has 172 valence electrons. The Morgan fingerprint density at radius 3 is 2.61 bits per heavy atom. The number of oxazole rings is 1. The molecule has 1 aromatic heterocycles. The Morgan fingerprint density at radius 2 is 1.91 bits per heavy atom. The van der Waals surface area contributed by atoms with Gasteiger partial charge in [0, 0.05) is 5.56 Å². The second-order valence-corrected chi connectivity index (χ2v) is 9.48. The number of sulfonamides is 1. The zero-order valence-electron chi connectivity index (χ0n) is 18.5. The number of carbonyl (C=O) groups excluding carboxylic acids is 2. The molecule has 4 rings (SSSR count). The van der Waals surface area contributed by atoms with Gasteiger partial charge < -0.3 is 9.73 Å². The van der Waals surface area contributed by atoms with Crippen molar-refractivity contribution in [3.63, 3.8) is 0 Å². The molecule has 0 saturated carbocycles. The van der Waals surface area contributed by atoms with Gasteiger partial charge in [0.1, 0.15) is 17.4 Å². The van der Waals surface area contributed by atoms with Gasteiger partial charge in [-0.05, 0) is 49.6 Å². The molecule has 0 fully saturated rings. The summed E-state index contributed by atoms with van der Waals surface area (Å²) in [5, 5.41) is 2.72. The third-order valence-corrected chi connectivity index (χ3v) is 6.81. The molecule has 3 aromatic rings. The number of aryl methyl sites for hydroxylation is 1. The van der Waals surface area contributed by atoms with Gasteiger partial charge in [0.2, 0.25) is 11.7 Å². The fourth-order valence-electron chi connectivity index (χ4n) is 3.62. The van der Waals surface area contributed by atoms with Crippen LogP contribution < -0.4 is 10.0 Å². The van der Waals surface area contributed by atoms with Gasteiger partial charge in [-0.1, -0.05) is 32.0 Å². The van der Waals surface area contributed by atoms with Crippen LogP contribution in [0.3, 0.4) is 0 Å². The van der Waals surface area contributed by atoms with Crippen LogP contribution in [0.4, 0.5) is 0 Å². The Morgan fingerprint density at radius 1 is 1.15 bits per heavy atom. The number of ketones is 1. The summed E-state index contributed by atoms with van der Waals surface area (Å²) in [7, 11) is -3.73. The fourth-order valence-corrected chi connectivity index (χ4v) is 4.94. The third kappa shape index (κ3) is 4.38. The number of fused-ring (bicyclic) bond motifs is 2. The van der Waals surface area contributed by atoms with Crippen LogP contribution in [0.15, 0.2) is 56.8 Å². The van der Waals surface area contributed by atoms with E-state index < -0.39 is 33.8 Å². The maximum Gasteiger partial charge on any atom is 0.266 e. The Bertz CT molecular complexity index is 1340. The maximum absolute atomic E-state index is 13.0. The number of carbonyl (C=O) groups is 2. The summed E-state index contributed by atoms with van der Waals surface area (Å²) in [6.07, 6.45) is 0.636. The van der Waals surface area contributed by atoms with E-state index in [2.05, 4.69) is 20.0 Å². The van der Waals surface area contributed by atoms with Crippen molar-refractivity contribution in [2.24, 2.45) is 4.99 Å². The number of aliphatic imine (C=N–C) groups is 1. The molecule has 1 aliphatic rings. The molecular weight excluding hydrogens is 444 g/mol. The first kappa shape index (κ1) is 22.7. The zero-order chi connectivity index (χ0) is 23.8. The third-order valence-electron chi connectivity index (χ3n) is 5.43. The Labute approximate surface area is 191 Å². The van der Waals surface area contributed by atoms with Crippen LogP contribution in [-0.4, -0.2) is 43.0 Å². The summed E-state index contributed by atoms with van der Waals surface area (Å²) in [6, 6.07) is 10.3. The molecule has 10 heteroatoms. The van der Waals surface area contributed by atoms with E-state index in [1.54, 1.807) is 63.2 Å². The van der Waals surface area contributed by atoms with E-state index in [0.29, 0.717) is 29.5 Å². The van der Waals surface area contributed by atoms with Crippen molar-refractivity contribution in [1.29, 1.82) is 0 Å². The second-order valence-electron chi connectivity index (χ2n) is 7.83. The maximum atomic E-state index is 13.0. The van der Waals surface area contributed by atoms with Gasteiger partial charge >= 0.3 is 0 Å². The van der Waals surface area contributed by atoms with Crippen molar-refractivity contribution >= 4 is 38.6 Å². The fraction of sp³-hybridized carbons (Fsp3) is 0.304. The molecule has 33 heavy (non-hydrogen) atoms. The number of nitrogens with one attached hydrogen (secondary N) is 2. The highest BCUT2D eigenvalue weighted by atomic mass is 32.2. The normalized spacial score (nSPS) is 17.4. The quantitative estimate of drug-likeness (QED) is 0.513. The van der Waals surface area contributed by atoms with Crippen LogP contribution in [-0.2, 0) is 14.8 Å². The van der Waals surface area contributed by atoms with Crippen molar-refractivity contribution in [3.05, 3.63) is 59.5 Å². The van der Waals surface area contributed by atoms with Gasteiger partial charge in [-0.3, -0.25) is 19.3 Å². The smallest absolute Gasteiger partial charge is 0.266 e. The van der Waals surface area contributed by atoms with Crippen molar-refractivity contribution in [1.82, 2.24) is 15.0 Å². The van der Waals surface area contributed by atoms with Gasteiger partial charge in [-0.2, -0.15) is 0 Å². The highest BCUT2D eigenvalue weighted by Crippen LogP contribution is 2.24. The summed E-state index contributed by atoms with van der Waals surface area (Å²) >= 11 is 0. The van der Waals surface area contributed by atoms with Crippen LogP contribution in [0.2, 0.25) is 0 Å². The van der Waals surface area contributed by atoms with Crippen LogP contribution in [0.1, 0.15) is 48.5 Å². The standard InChI is InChI=1S/C23H24N4O5S/c1-4-15(20(28)23-26-17-8-6-7-9-18(17)32-23)25-22(29)16(5-2)24-21-14-11-10-13(3)12-19(14)33(30,31)27-21/h6-12,15-16H,4-5H2,1-3H3,(H,24,27)(H,25,29)/t15-,16+/m0/s1. The minimum Gasteiger partial charge on any atom is -0.434 e. The van der Waals surface area contributed by atoms with E-state index in [4.69, 9.17) is 4.42 Å². The van der Waals surface area contributed by atoms with Gasteiger partial charge in [0.15, 0.2) is 5.58 Å². The van der Waals surface area contributed by atoms with Crippen molar-refractivity contribution in [3.8, 4) is 0 Å². The zero-order valence-corrected chi connectivity index (χ0v) is 19.3. The monoisotopic (exact) mass is 468 g/mol. The van der Waals surface area contributed by atoms with E-state index >= 15 is 0 Å². The van der Waals surface area contributed by atoms with Crippen molar-refractivity contribution in [2.75, 3.05) is 0 Å². The molecule has 0 spiro atoms. The lowest BCUT2D eigenvalue weighted by Gasteiger charge is -2.17. The predicted octanol–water partition coefficient (Wildman–Crippen LogP) is 2.73. The number of hydrogen-bond acceptors (Lipinski definition) is 7. The molecule has 0 aliphatic carbocycles. The minimum absolute atomic E-state index is 0.0736. The lowest BCUT2D eigenvalue weighted by molar-refractivity contribution is -0.122. The van der Waals surface area contributed by atoms with Crippen molar-refractivity contribution < 1.29 is 22.4 Å². The number of amidine groups is 1. The number of Topliss-reactive ketones (excluding diaryl/α,β-unsaturated/α-hetero) is 1. The number of amides is 1. The summed E-state index contributed by atoms with van der Waals surface area (Å²) in [5.41, 5.74) is 2.26. The highest BCUT2D eigenvalue weighted by Gasteiger charge is 2.33. The van der Waals surface area contributed by atoms with E-state index in [1.807, 2.05) is 0 Å². The van der Waals surface area contributed by atoms with Gasteiger partial charge in [0.25, 0.3) is 15.9 Å². The average molecular weight is 469 g/mol. The van der Waals surface area contributed by atoms with Crippen LogP contribution >= 0.6 is 0 Å². The molecule has 9 nitrogen and oxygen atoms in total. The molecule has 1 aliphatic heterocycles. The Hall–Kier alpha value is -3.53. The SMILES string of the molecule is CC[C@H](NC(=O)[C@@H](CC)N=C1NS(=O)(=O)c2cc(C)ccc21)C(=O)c1nc2ccccc2o1. The highest BCUT2D eigenvalue weighted by molar-refractivity contribution is 7.90. The van der Waals surface area contributed by atoms with Gasteiger partial charge in [-0.25, -0.2) is 13.4 Å². The van der Waals surface area contributed by atoms with E-state index in [1.165, 1.54) is 0 Å². The molecule has 2 N–H and O–H groups in total. The Balaban J connectivity index is 1.55. The molecule has 0 radical (unpaired) electrons. The predicted molar refractivity (Wildman–Crippen MR) is 123 cm³/mol. The Kier molecular flexibility index (Phi) is 6.03. The molecule has 0 saturated heterocycles. The summed E-state index contributed by atoms with van der Waals surface area (Å²) in [4.78, 5) is 34.6. The first-order chi connectivity index (χ1) is 15.7. The molecule has 0 bridgehead atoms. The topological polar surface area (TPSA) is 131 Å². The number of hydrogen-bond donors (Lipinski definition) is 2. The number of aromatic nitrogens is 1. The number of benzene rings is 2. The summed E-state index contributed by atoms with van der Waals surface area (Å²) < 4.78 is 32.9. The first-order valence-electron chi connectivity index (χ1n) is 10.6. The average Bonchev–Trinajstić information content (AvgIpc) is 3.33. The van der Waals surface area contributed by atoms with Gasteiger partial charge in [-0.15, -0.1) is 0 Å². The minimum atomic E-state index is -3.73. The number of nitrogens with zero attached hydrogens (tertiary/aromatic N) is 2. The molecule has 0 unspecified atom stereocenters. The molecular formula is C23H24N4O5S. The lowest BCUT2D eigenvalue weighted by atomic mass is 10.1. The molecule has 2 heterocycles.